The summed E-state index contributed by atoms with van der Waals surface area (Å²) in [5, 5.41) is 8.05. The molecule has 2 aromatic heterocycles. The molecule has 5 rings (SSSR count). The number of carbonyl (C=O) groups excluding carboxylic acids is 1. The van der Waals surface area contributed by atoms with E-state index in [0.717, 1.165) is 18.7 Å². The quantitative estimate of drug-likeness (QED) is 0.314. The highest BCUT2D eigenvalue weighted by molar-refractivity contribution is 6.01. The van der Waals surface area contributed by atoms with E-state index in [9.17, 15) is 4.79 Å². The molecule has 3 heterocycles. The molecule has 1 fully saturated rings. The molecule has 1 amide bonds. The van der Waals surface area contributed by atoms with Crippen LogP contribution in [-0.4, -0.2) is 45.2 Å². The first-order chi connectivity index (χ1) is 18.6. The molecule has 0 bridgehead atoms. The number of anilines is 4. The maximum atomic E-state index is 12.2. The summed E-state index contributed by atoms with van der Waals surface area (Å²) in [6.45, 7) is 6.07. The van der Waals surface area contributed by atoms with Crippen molar-refractivity contribution in [3.05, 3.63) is 91.3 Å². The van der Waals surface area contributed by atoms with Gasteiger partial charge in [-0.05, 0) is 37.5 Å². The number of imidazole rings is 1. The molecule has 0 spiro atoms. The molecule has 194 valence electrons. The summed E-state index contributed by atoms with van der Waals surface area (Å²) in [5.74, 6) is 2.20. The Bertz CT molecular complexity index is 1440. The molecule has 0 aliphatic carbocycles. The number of amides is 1. The highest BCUT2D eigenvalue weighted by Crippen LogP contribution is 2.36. The molecule has 2 aromatic carbocycles. The molecule has 0 radical (unpaired) electrons. The van der Waals surface area contributed by atoms with E-state index in [2.05, 4.69) is 44.3 Å². The van der Waals surface area contributed by atoms with E-state index >= 15 is 0 Å². The Labute approximate surface area is 220 Å². The number of carbonyl (C=O) groups is 1. The van der Waals surface area contributed by atoms with Crippen molar-refractivity contribution in [2.24, 2.45) is 0 Å². The van der Waals surface area contributed by atoms with Crippen LogP contribution in [0.25, 0.3) is 5.69 Å². The fourth-order valence-corrected chi connectivity index (χ4v) is 4.46. The summed E-state index contributed by atoms with van der Waals surface area (Å²) in [6.07, 6.45) is 7.98. The lowest BCUT2D eigenvalue weighted by molar-refractivity contribution is -0.111. The topological polar surface area (TPSA) is 106 Å². The standard InChI is InChI=1S/C28H29N7O3/c1-4-28(36)33-22-15-23(25(37-3)16-24(22)34-12-11-29-19(34)2)32-26-17-27(31-18-30-26)35-21(10-13-38-35)14-20-8-6-5-7-9-20/h4-9,11-12,15-18,21H,1,10,13-14H2,2-3H3,(H,33,36)(H,30,31,32)/t21-/m1/s1. The van der Waals surface area contributed by atoms with Crippen LogP contribution in [0, 0.1) is 6.92 Å². The van der Waals surface area contributed by atoms with Gasteiger partial charge in [-0.15, -0.1) is 0 Å². The van der Waals surface area contributed by atoms with E-state index in [-0.39, 0.29) is 11.9 Å². The summed E-state index contributed by atoms with van der Waals surface area (Å²) in [6, 6.07) is 16.0. The molecule has 1 aliphatic rings. The van der Waals surface area contributed by atoms with Gasteiger partial charge in [0.05, 0.1) is 36.8 Å². The number of aryl methyl sites for hydroxylation is 1. The van der Waals surface area contributed by atoms with Crippen LogP contribution in [0.4, 0.5) is 23.0 Å². The third kappa shape index (κ3) is 5.35. The average molecular weight is 512 g/mol. The van der Waals surface area contributed by atoms with Crippen LogP contribution in [0.3, 0.4) is 0 Å². The van der Waals surface area contributed by atoms with Gasteiger partial charge in [-0.2, -0.15) is 0 Å². The largest absolute Gasteiger partial charge is 0.494 e. The van der Waals surface area contributed by atoms with Crippen molar-refractivity contribution < 1.29 is 14.4 Å². The predicted octanol–water partition coefficient (Wildman–Crippen LogP) is 4.60. The van der Waals surface area contributed by atoms with Crippen LogP contribution in [0.5, 0.6) is 5.75 Å². The lowest BCUT2D eigenvalue weighted by atomic mass is 10.0. The number of rotatable bonds is 9. The van der Waals surface area contributed by atoms with Crippen molar-refractivity contribution in [3.63, 3.8) is 0 Å². The molecular formula is C28H29N7O3. The van der Waals surface area contributed by atoms with Crippen molar-refractivity contribution >= 4 is 28.9 Å². The summed E-state index contributed by atoms with van der Waals surface area (Å²) < 4.78 is 7.55. The summed E-state index contributed by atoms with van der Waals surface area (Å²) in [5.41, 5.74) is 3.11. The number of hydrogen-bond acceptors (Lipinski definition) is 8. The maximum absolute atomic E-state index is 12.2. The van der Waals surface area contributed by atoms with Crippen molar-refractivity contribution in [2.45, 2.75) is 25.8 Å². The van der Waals surface area contributed by atoms with Gasteiger partial charge >= 0.3 is 0 Å². The number of ether oxygens (including phenoxy) is 1. The third-order valence-corrected chi connectivity index (χ3v) is 6.31. The first-order valence-corrected chi connectivity index (χ1v) is 12.3. The fourth-order valence-electron chi connectivity index (χ4n) is 4.46. The van der Waals surface area contributed by atoms with E-state index < -0.39 is 0 Å². The van der Waals surface area contributed by atoms with E-state index in [1.54, 1.807) is 19.4 Å². The van der Waals surface area contributed by atoms with Gasteiger partial charge in [0, 0.05) is 24.5 Å². The van der Waals surface area contributed by atoms with Gasteiger partial charge in [-0.3, -0.25) is 9.63 Å². The first-order valence-electron chi connectivity index (χ1n) is 12.3. The predicted molar refractivity (Wildman–Crippen MR) is 146 cm³/mol. The Morgan fingerprint density at radius 3 is 2.76 bits per heavy atom. The molecule has 0 unspecified atom stereocenters. The van der Waals surface area contributed by atoms with Crippen molar-refractivity contribution in [1.29, 1.82) is 0 Å². The van der Waals surface area contributed by atoms with Gasteiger partial charge in [0.2, 0.25) is 5.91 Å². The molecule has 1 aliphatic heterocycles. The normalized spacial score (nSPS) is 14.8. The molecular weight excluding hydrogens is 482 g/mol. The second-order valence-corrected chi connectivity index (χ2v) is 8.79. The number of nitrogens with zero attached hydrogens (tertiary/aromatic N) is 5. The molecule has 10 heteroatoms. The minimum atomic E-state index is -0.333. The fraction of sp³-hybridized carbons (Fsp3) is 0.214. The zero-order valence-electron chi connectivity index (χ0n) is 21.3. The van der Waals surface area contributed by atoms with Gasteiger partial charge in [-0.1, -0.05) is 36.9 Å². The van der Waals surface area contributed by atoms with Crippen LogP contribution in [0.15, 0.2) is 79.9 Å². The number of aromatic nitrogens is 4. The molecule has 10 nitrogen and oxygen atoms in total. The van der Waals surface area contributed by atoms with E-state index in [0.29, 0.717) is 41.1 Å². The average Bonchev–Trinajstić information content (AvgIpc) is 3.58. The maximum Gasteiger partial charge on any atom is 0.247 e. The summed E-state index contributed by atoms with van der Waals surface area (Å²) in [7, 11) is 1.59. The Morgan fingerprint density at radius 2 is 2.03 bits per heavy atom. The third-order valence-electron chi connectivity index (χ3n) is 6.31. The van der Waals surface area contributed by atoms with Gasteiger partial charge < -0.3 is 19.9 Å². The molecule has 38 heavy (non-hydrogen) atoms. The van der Waals surface area contributed by atoms with Crippen molar-refractivity contribution in [2.75, 3.05) is 29.4 Å². The Balaban J connectivity index is 1.44. The van der Waals surface area contributed by atoms with E-state index in [4.69, 9.17) is 9.57 Å². The second-order valence-electron chi connectivity index (χ2n) is 8.79. The van der Waals surface area contributed by atoms with Crippen LogP contribution in [0.2, 0.25) is 0 Å². The van der Waals surface area contributed by atoms with Crippen LogP contribution in [-0.2, 0) is 16.1 Å². The highest BCUT2D eigenvalue weighted by atomic mass is 16.7. The van der Waals surface area contributed by atoms with Crippen LogP contribution < -0.4 is 20.4 Å². The monoisotopic (exact) mass is 511 g/mol. The smallest absolute Gasteiger partial charge is 0.247 e. The van der Waals surface area contributed by atoms with Crippen LogP contribution >= 0.6 is 0 Å². The van der Waals surface area contributed by atoms with E-state index in [1.165, 1.54) is 18.0 Å². The zero-order valence-corrected chi connectivity index (χ0v) is 21.3. The van der Waals surface area contributed by atoms with Crippen molar-refractivity contribution in [1.82, 2.24) is 19.5 Å². The number of nitrogens with one attached hydrogen (secondary N) is 2. The SMILES string of the molecule is C=CC(=O)Nc1cc(Nc2cc(N3OCC[C@@H]3Cc3ccccc3)ncn2)c(OC)cc1-n1ccnc1C. The number of hydrogen-bond donors (Lipinski definition) is 2. The summed E-state index contributed by atoms with van der Waals surface area (Å²) >= 11 is 0. The number of hydroxylamine groups is 1. The molecule has 1 atom stereocenters. The molecule has 1 saturated heterocycles. The van der Waals surface area contributed by atoms with Gasteiger partial charge in [0.1, 0.15) is 23.7 Å². The van der Waals surface area contributed by atoms with Crippen molar-refractivity contribution in [3.8, 4) is 11.4 Å². The Hall–Kier alpha value is -4.70. The molecule has 4 aromatic rings. The van der Waals surface area contributed by atoms with E-state index in [1.807, 2.05) is 53.1 Å². The van der Waals surface area contributed by atoms with Gasteiger partial charge in [0.25, 0.3) is 0 Å². The minimum absolute atomic E-state index is 0.160. The Kier molecular flexibility index (Phi) is 7.32. The lowest BCUT2D eigenvalue weighted by Crippen LogP contribution is -2.30. The first kappa shape index (κ1) is 25.0. The zero-order chi connectivity index (χ0) is 26.5. The second kappa shape index (κ2) is 11.1. The number of methoxy groups -OCH3 is 1. The Morgan fingerprint density at radius 1 is 1.18 bits per heavy atom. The summed E-state index contributed by atoms with van der Waals surface area (Å²) in [4.78, 5) is 31.3. The van der Waals surface area contributed by atoms with Crippen LogP contribution in [0.1, 0.15) is 17.8 Å². The highest BCUT2D eigenvalue weighted by Gasteiger charge is 2.28. The van der Waals surface area contributed by atoms with Gasteiger partial charge in [0.15, 0.2) is 5.82 Å². The number of benzene rings is 2. The molecule has 2 N–H and O–H groups in total. The van der Waals surface area contributed by atoms with Gasteiger partial charge in [-0.25, -0.2) is 20.0 Å². The minimum Gasteiger partial charge on any atom is -0.494 e. The molecule has 0 saturated carbocycles. The lowest BCUT2D eigenvalue weighted by Gasteiger charge is -2.24.